The lowest BCUT2D eigenvalue weighted by molar-refractivity contribution is 1.65. The van der Waals surface area contributed by atoms with Crippen molar-refractivity contribution in [3.05, 3.63) is 46.2 Å². The molecule has 5 aromatic rings. The van der Waals surface area contributed by atoms with Gasteiger partial charge >= 0.3 is 0 Å². The fourth-order valence-corrected chi connectivity index (χ4v) is 8.10. The molecule has 130 valence electrons. The number of hydrogen-bond donors (Lipinski definition) is 2. The normalized spacial score (nSPS) is 11.8. The van der Waals surface area contributed by atoms with Crippen LogP contribution in [-0.4, -0.2) is 0 Å². The van der Waals surface area contributed by atoms with Gasteiger partial charge in [-0.25, -0.2) is 0 Å². The molecule has 0 bridgehead atoms. The second-order valence-electron chi connectivity index (χ2n) is 6.23. The van der Waals surface area contributed by atoms with Crippen LogP contribution in [0.3, 0.4) is 0 Å². The highest BCUT2D eigenvalue weighted by atomic mass is 32.2. The number of fused-ring (bicyclic) bond motifs is 2. The first-order chi connectivity index (χ1) is 12.5. The molecule has 5 rings (SSSR count). The SMILES string of the molecule is Cc1cc2c(-c3ccc(S)s3)c3sc(C)cc3c(-c3ccc(S)s3)c2s1. The molecule has 0 saturated heterocycles. The predicted molar refractivity (Wildman–Crippen MR) is 128 cm³/mol. The minimum atomic E-state index is 1.06. The Labute approximate surface area is 179 Å². The average molecular weight is 447 g/mol. The lowest BCUT2D eigenvalue weighted by Gasteiger charge is -2.09. The van der Waals surface area contributed by atoms with E-state index in [9.17, 15) is 0 Å². The number of hydrogen-bond acceptors (Lipinski definition) is 6. The van der Waals surface area contributed by atoms with Crippen LogP contribution >= 0.6 is 70.6 Å². The van der Waals surface area contributed by atoms with Gasteiger partial charge in [0, 0.05) is 50.8 Å². The molecule has 1 aromatic carbocycles. The van der Waals surface area contributed by atoms with Crippen LogP contribution in [0.1, 0.15) is 9.75 Å². The lowest BCUT2D eigenvalue weighted by atomic mass is 10.00. The average Bonchev–Trinajstić information content (AvgIpc) is 3.33. The van der Waals surface area contributed by atoms with Crippen molar-refractivity contribution in [2.45, 2.75) is 22.3 Å². The van der Waals surface area contributed by atoms with Crippen LogP contribution in [0.15, 0.2) is 44.8 Å². The summed E-state index contributed by atoms with van der Waals surface area (Å²) in [6, 6.07) is 13.3. The molecule has 0 aliphatic carbocycles. The van der Waals surface area contributed by atoms with Gasteiger partial charge in [-0.1, -0.05) is 0 Å². The van der Waals surface area contributed by atoms with Crippen molar-refractivity contribution >= 4 is 90.8 Å². The summed E-state index contributed by atoms with van der Waals surface area (Å²) in [4.78, 5) is 5.30. The highest BCUT2D eigenvalue weighted by Crippen LogP contribution is 2.51. The van der Waals surface area contributed by atoms with Crippen molar-refractivity contribution in [2.75, 3.05) is 0 Å². The van der Waals surface area contributed by atoms with E-state index < -0.39 is 0 Å². The summed E-state index contributed by atoms with van der Waals surface area (Å²) in [6.07, 6.45) is 0. The molecule has 0 radical (unpaired) electrons. The maximum atomic E-state index is 4.55. The number of thiol groups is 2. The molecule has 0 nitrogen and oxygen atoms in total. The third kappa shape index (κ3) is 2.70. The minimum absolute atomic E-state index is 1.06. The Kier molecular flexibility index (Phi) is 4.27. The first-order valence-corrected chi connectivity index (χ1v) is 12.2. The Balaban J connectivity index is 2.00. The van der Waals surface area contributed by atoms with Gasteiger partial charge in [0.2, 0.25) is 0 Å². The molecule has 4 heterocycles. The Hall–Kier alpha value is -0.760. The molecule has 0 saturated carbocycles. The van der Waals surface area contributed by atoms with Gasteiger partial charge in [-0.2, -0.15) is 0 Å². The number of aryl methyl sites for hydroxylation is 2. The molecule has 26 heavy (non-hydrogen) atoms. The Morgan fingerprint density at radius 2 is 1.04 bits per heavy atom. The fraction of sp³-hybridized carbons (Fsp3) is 0.100. The molecular weight excluding hydrogens is 433 g/mol. The maximum absolute atomic E-state index is 4.55. The largest absolute Gasteiger partial charge is 0.140 e. The molecule has 6 heteroatoms. The fourth-order valence-electron chi connectivity index (χ4n) is 3.43. The summed E-state index contributed by atoms with van der Waals surface area (Å²) in [6.45, 7) is 4.41. The van der Waals surface area contributed by atoms with Crippen LogP contribution < -0.4 is 0 Å². The third-order valence-electron chi connectivity index (χ3n) is 4.38. The molecule has 0 atom stereocenters. The highest BCUT2D eigenvalue weighted by Gasteiger charge is 2.21. The summed E-state index contributed by atoms with van der Waals surface area (Å²) < 4.78 is 4.88. The van der Waals surface area contributed by atoms with Gasteiger partial charge in [-0.05, 0) is 50.2 Å². The van der Waals surface area contributed by atoms with Crippen LogP contribution in [0.2, 0.25) is 0 Å². The van der Waals surface area contributed by atoms with E-state index in [4.69, 9.17) is 0 Å². The van der Waals surface area contributed by atoms with Crippen molar-refractivity contribution < 1.29 is 0 Å². The van der Waals surface area contributed by atoms with Gasteiger partial charge in [0.25, 0.3) is 0 Å². The van der Waals surface area contributed by atoms with Crippen molar-refractivity contribution in [1.82, 2.24) is 0 Å². The van der Waals surface area contributed by atoms with Gasteiger partial charge in [0.1, 0.15) is 0 Å². The monoisotopic (exact) mass is 446 g/mol. The van der Waals surface area contributed by atoms with E-state index >= 15 is 0 Å². The Morgan fingerprint density at radius 1 is 0.615 bits per heavy atom. The van der Waals surface area contributed by atoms with E-state index in [2.05, 4.69) is 75.5 Å². The van der Waals surface area contributed by atoms with Crippen molar-refractivity contribution in [2.24, 2.45) is 0 Å². The van der Waals surface area contributed by atoms with Crippen molar-refractivity contribution in [3.63, 3.8) is 0 Å². The molecule has 0 spiro atoms. The molecule has 4 aromatic heterocycles. The minimum Gasteiger partial charge on any atom is -0.140 e. The molecule has 0 fully saturated rings. The zero-order valence-corrected chi connectivity index (χ0v) is 19.0. The number of rotatable bonds is 2. The summed E-state index contributed by atoms with van der Waals surface area (Å²) >= 11 is 16.4. The van der Waals surface area contributed by atoms with Gasteiger partial charge in [-0.15, -0.1) is 70.6 Å². The number of benzene rings is 1. The zero-order valence-electron chi connectivity index (χ0n) is 14.0. The first kappa shape index (κ1) is 17.3. The van der Waals surface area contributed by atoms with E-state index in [1.165, 1.54) is 50.8 Å². The first-order valence-electron chi connectivity index (χ1n) is 8.06. The lowest BCUT2D eigenvalue weighted by Crippen LogP contribution is -1.81. The molecule has 0 aliphatic heterocycles. The van der Waals surface area contributed by atoms with E-state index in [1.54, 1.807) is 22.7 Å². The van der Waals surface area contributed by atoms with Crippen LogP contribution in [0.25, 0.3) is 41.1 Å². The Morgan fingerprint density at radius 3 is 1.38 bits per heavy atom. The van der Waals surface area contributed by atoms with Crippen LogP contribution in [0, 0.1) is 13.8 Å². The standard InChI is InChI=1S/C20H14S6/c1-9-7-11-17(13-3-5-15(21)25-13)20-12(8-10(2)24-20)18(19(11)23-9)14-4-6-16(22)26-14/h3-8,21-22H,1-2H3. The molecular formula is C20H14S6. The van der Waals surface area contributed by atoms with Gasteiger partial charge in [0.15, 0.2) is 0 Å². The summed E-state index contributed by atoms with van der Waals surface area (Å²) in [5.41, 5.74) is 2.74. The third-order valence-corrected chi connectivity index (χ3v) is 9.17. The van der Waals surface area contributed by atoms with Gasteiger partial charge in [-0.3, -0.25) is 0 Å². The zero-order chi connectivity index (χ0) is 18.0. The van der Waals surface area contributed by atoms with E-state index in [1.807, 2.05) is 22.7 Å². The second kappa shape index (κ2) is 6.40. The van der Waals surface area contributed by atoms with E-state index in [-0.39, 0.29) is 0 Å². The maximum Gasteiger partial charge on any atom is 0.0574 e. The van der Waals surface area contributed by atoms with E-state index in [0.29, 0.717) is 0 Å². The summed E-state index contributed by atoms with van der Waals surface area (Å²) in [5, 5.41) is 2.72. The topological polar surface area (TPSA) is 0 Å². The molecule has 0 unspecified atom stereocenters. The van der Waals surface area contributed by atoms with Gasteiger partial charge < -0.3 is 0 Å². The van der Waals surface area contributed by atoms with Gasteiger partial charge in [0.05, 0.1) is 8.42 Å². The molecule has 0 N–H and O–H groups in total. The van der Waals surface area contributed by atoms with Crippen molar-refractivity contribution in [3.8, 4) is 20.9 Å². The Bertz CT molecular complexity index is 1120. The molecule has 0 aliphatic rings. The second-order valence-corrected chi connectivity index (χ2v) is 12.5. The van der Waals surface area contributed by atoms with Crippen LogP contribution in [-0.2, 0) is 0 Å². The quantitative estimate of drug-likeness (QED) is 0.249. The van der Waals surface area contributed by atoms with E-state index in [0.717, 1.165) is 8.42 Å². The van der Waals surface area contributed by atoms with Crippen LogP contribution in [0.5, 0.6) is 0 Å². The predicted octanol–water partition coefficient (Wildman–Crippen LogP) is 8.77. The highest BCUT2D eigenvalue weighted by molar-refractivity contribution is 7.83. The van der Waals surface area contributed by atoms with Crippen LogP contribution in [0.4, 0.5) is 0 Å². The molecule has 0 amide bonds. The summed E-state index contributed by atoms with van der Waals surface area (Å²) in [5.74, 6) is 0. The number of thiophene rings is 4. The smallest absolute Gasteiger partial charge is 0.0574 e. The van der Waals surface area contributed by atoms with Crippen molar-refractivity contribution in [1.29, 1.82) is 0 Å². The summed E-state index contributed by atoms with van der Waals surface area (Å²) in [7, 11) is 0.